The highest BCUT2D eigenvalue weighted by Crippen LogP contribution is 2.32. The van der Waals surface area contributed by atoms with Crippen molar-refractivity contribution in [2.75, 3.05) is 13.7 Å². The van der Waals surface area contributed by atoms with Crippen molar-refractivity contribution < 1.29 is 23.5 Å². The molecule has 28 heavy (non-hydrogen) atoms. The first-order valence-corrected chi connectivity index (χ1v) is 9.32. The van der Waals surface area contributed by atoms with Gasteiger partial charge in [-0.05, 0) is 50.1 Å². The largest absolute Gasteiger partial charge is 0.493 e. The normalized spacial score (nSPS) is 13.1. The van der Waals surface area contributed by atoms with Crippen molar-refractivity contribution in [2.45, 2.75) is 32.4 Å². The lowest BCUT2D eigenvalue weighted by atomic mass is 10.1. The number of hydrogen-bond acceptors (Lipinski definition) is 4. The van der Waals surface area contributed by atoms with Crippen molar-refractivity contribution in [3.63, 3.8) is 0 Å². The molecule has 0 N–H and O–H groups in total. The molecule has 0 bridgehead atoms. The Kier molecular flexibility index (Phi) is 6.19. The van der Waals surface area contributed by atoms with Gasteiger partial charge in [-0.3, -0.25) is 9.59 Å². The third kappa shape index (κ3) is 4.62. The minimum atomic E-state index is -0.437. The van der Waals surface area contributed by atoms with E-state index in [1.54, 1.807) is 29.2 Å². The fourth-order valence-electron chi connectivity index (χ4n) is 2.89. The predicted octanol–water partition coefficient (Wildman–Crippen LogP) is 4.26. The van der Waals surface area contributed by atoms with Crippen LogP contribution in [-0.2, 0) is 11.3 Å². The molecule has 0 saturated heterocycles. The minimum absolute atomic E-state index is 0.0637. The van der Waals surface area contributed by atoms with Gasteiger partial charge >= 0.3 is 0 Å². The Labute approximate surface area is 168 Å². The van der Waals surface area contributed by atoms with Gasteiger partial charge < -0.3 is 14.4 Å². The number of amides is 1. The molecule has 1 amide bonds. The van der Waals surface area contributed by atoms with Crippen LogP contribution in [0.25, 0.3) is 0 Å². The van der Waals surface area contributed by atoms with Crippen LogP contribution in [0.15, 0.2) is 36.4 Å². The van der Waals surface area contributed by atoms with Crippen molar-refractivity contribution in [1.82, 2.24) is 4.90 Å². The first-order chi connectivity index (χ1) is 13.4. The zero-order valence-electron chi connectivity index (χ0n) is 15.7. The van der Waals surface area contributed by atoms with Crippen LogP contribution in [0.3, 0.4) is 0 Å². The lowest BCUT2D eigenvalue weighted by molar-refractivity contribution is -0.134. The maximum atomic E-state index is 14.1. The molecule has 0 heterocycles. The van der Waals surface area contributed by atoms with Gasteiger partial charge in [0.05, 0.1) is 13.7 Å². The summed E-state index contributed by atoms with van der Waals surface area (Å²) in [5.41, 5.74) is 0.789. The molecule has 148 valence electrons. The SMILES string of the molecule is COc1cc(C(C)=O)ccc1OCC(=O)N(Cc1c(F)cccc1Cl)C1CC1. The Balaban J connectivity index is 1.71. The molecular formula is C21H21ClFNO4. The summed E-state index contributed by atoms with van der Waals surface area (Å²) in [5.74, 6) is -0.0633. The van der Waals surface area contributed by atoms with Gasteiger partial charge in [0.1, 0.15) is 5.82 Å². The molecule has 1 aliphatic rings. The average molecular weight is 406 g/mol. The third-order valence-corrected chi connectivity index (χ3v) is 4.97. The fraction of sp³-hybridized carbons (Fsp3) is 0.333. The van der Waals surface area contributed by atoms with E-state index >= 15 is 0 Å². The molecule has 0 radical (unpaired) electrons. The number of methoxy groups -OCH3 is 1. The number of halogens is 2. The molecular weight excluding hydrogens is 385 g/mol. The number of benzene rings is 2. The van der Waals surface area contributed by atoms with E-state index in [1.165, 1.54) is 26.2 Å². The van der Waals surface area contributed by atoms with E-state index in [2.05, 4.69) is 0 Å². The van der Waals surface area contributed by atoms with Gasteiger partial charge in [-0.15, -0.1) is 0 Å². The second-order valence-electron chi connectivity index (χ2n) is 6.66. The molecule has 0 spiro atoms. The second kappa shape index (κ2) is 8.61. The first kappa shape index (κ1) is 20.1. The third-order valence-electron chi connectivity index (χ3n) is 4.62. The molecule has 2 aromatic carbocycles. The zero-order valence-corrected chi connectivity index (χ0v) is 16.5. The van der Waals surface area contributed by atoms with E-state index in [-0.39, 0.29) is 30.9 Å². The van der Waals surface area contributed by atoms with E-state index in [0.717, 1.165) is 12.8 Å². The fourth-order valence-corrected chi connectivity index (χ4v) is 3.11. The number of hydrogen-bond donors (Lipinski definition) is 0. The molecule has 1 aliphatic carbocycles. The number of Topliss-reactive ketones (excluding diaryl/α,β-unsaturated/α-hetero) is 1. The van der Waals surface area contributed by atoms with Gasteiger partial charge in [0.2, 0.25) is 0 Å². The molecule has 3 rings (SSSR count). The number of ketones is 1. The van der Waals surface area contributed by atoms with Crippen LogP contribution < -0.4 is 9.47 Å². The van der Waals surface area contributed by atoms with E-state index in [1.807, 2.05) is 0 Å². The number of ether oxygens (including phenoxy) is 2. The van der Waals surface area contributed by atoms with Crippen molar-refractivity contribution in [3.05, 3.63) is 58.4 Å². The highest BCUT2D eigenvalue weighted by atomic mass is 35.5. The van der Waals surface area contributed by atoms with Crippen LogP contribution in [0.1, 0.15) is 35.7 Å². The Morgan fingerprint density at radius 1 is 1.21 bits per heavy atom. The van der Waals surface area contributed by atoms with Gasteiger partial charge in [-0.25, -0.2) is 4.39 Å². The van der Waals surface area contributed by atoms with E-state index < -0.39 is 5.82 Å². The number of carbonyl (C=O) groups is 2. The van der Waals surface area contributed by atoms with Gasteiger partial charge in [-0.2, -0.15) is 0 Å². The predicted molar refractivity (Wildman–Crippen MR) is 103 cm³/mol. The smallest absolute Gasteiger partial charge is 0.261 e. The highest BCUT2D eigenvalue weighted by Gasteiger charge is 2.33. The lowest BCUT2D eigenvalue weighted by Crippen LogP contribution is -2.36. The summed E-state index contributed by atoms with van der Waals surface area (Å²) in [5, 5.41) is 0.292. The minimum Gasteiger partial charge on any atom is -0.493 e. The summed E-state index contributed by atoms with van der Waals surface area (Å²) in [6.45, 7) is 1.33. The Morgan fingerprint density at radius 2 is 1.96 bits per heavy atom. The topological polar surface area (TPSA) is 55.8 Å². The summed E-state index contributed by atoms with van der Waals surface area (Å²) in [7, 11) is 1.46. The number of carbonyl (C=O) groups excluding carboxylic acids is 2. The molecule has 1 saturated carbocycles. The second-order valence-corrected chi connectivity index (χ2v) is 7.07. The maximum absolute atomic E-state index is 14.1. The summed E-state index contributed by atoms with van der Waals surface area (Å²) < 4.78 is 25.0. The molecule has 0 unspecified atom stereocenters. The zero-order chi connectivity index (χ0) is 20.3. The highest BCUT2D eigenvalue weighted by molar-refractivity contribution is 6.31. The Bertz CT molecular complexity index is 878. The van der Waals surface area contributed by atoms with E-state index in [4.69, 9.17) is 21.1 Å². The van der Waals surface area contributed by atoms with Crippen LogP contribution in [-0.4, -0.2) is 36.3 Å². The van der Waals surface area contributed by atoms with Crippen LogP contribution >= 0.6 is 11.6 Å². The quantitative estimate of drug-likeness (QED) is 0.616. The monoisotopic (exact) mass is 405 g/mol. The molecule has 0 atom stereocenters. The summed E-state index contributed by atoms with van der Waals surface area (Å²) >= 11 is 6.10. The van der Waals surface area contributed by atoms with Gasteiger partial charge in [0.25, 0.3) is 5.91 Å². The van der Waals surface area contributed by atoms with Crippen LogP contribution in [0.4, 0.5) is 4.39 Å². The Hall–Kier alpha value is -2.60. The van der Waals surface area contributed by atoms with Crippen LogP contribution in [0, 0.1) is 5.82 Å². The van der Waals surface area contributed by atoms with E-state index in [9.17, 15) is 14.0 Å². The van der Waals surface area contributed by atoms with Crippen molar-refractivity contribution >= 4 is 23.3 Å². The lowest BCUT2D eigenvalue weighted by Gasteiger charge is -2.23. The number of nitrogens with zero attached hydrogens (tertiary/aromatic N) is 1. The van der Waals surface area contributed by atoms with Gasteiger partial charge in [0.15, 0.2) is 23.9 Å². The maximum Gasteiger partial charge on any atom is 0.261 e. The Morgan fingerprint density at radius 3 is 2.57 bits per heavy atom. The molecule has 0 aromatic heterocycles. The molecule has 7 heteroatoms. The van der Waals surface area contributed by atoms with Gasteiger partial charge in [-0.1, -0.05) is 17.7 Å². The van der Waals surface area contributed by atoms with Crippen molar-refractivity contribution in [3.8, 4) is 11.5 Å². The average Bonchev–Trinajstić information content (AvgIpc) is 3.50. The van der Waals surface area contributed by atoms with Crippen LogP contribution in [0.5, 0.6) is 11.5 Å². The first-order valence-electron chi connectivity index (χ1n) is 8.95. The van der Waals surface area contributed by atoms with Crippen LogP contribution in [0.2, 0.25) is 5.02 Å². The summed E-state index contributed by atoms with van der Waals surface area (Å²) in [4.78, 5) is 25.8. The molecule has 1 fully saturated rings. The molecule has 0 aliphatic heterocycles. The van der Waals surface area contributed by atoms with Crippen molar-refractivity contribution in [1.29, 1.82) is 0 Å². The van der Waals surface area contributed by atoms with E-state index in [0.29, 0.717) is 27.6 Å². The molecule has 5 nitrogen and oxygen atoms in total. The molecule has 2 aromatic rings. The number of rotatable bonds is 8. The standard InChI is InChI=1S/C21H21ClFNO4/c1-13(25)14-6-9-19(20(10-14)27-2)28-12-21(26)24(15-7-8-15)11-16-17(22)4-3-5-18(16)23/h3-6,9-10,15H,7-8,11-12H2,1-2H3. The van der Waals surface area contributed by atoms with Crippen molar-refractivity contribution in [2.24, 2.45) is 0 Å². The van der Waals surface area contributed by atoms with Gasteiger partial charge in [0, 0.05) is 22.2 Å². The summed E-state index contributed by atoms with van der Waals surface area (Å²) in [6.07, 6.45) is 1.74. The summed E-state index contributed by atoms with van der Waals surface area (Å²) in [6, 6.07) is 9.31.